The fraction of sp³-hybridized carbons (Fsp3) is 0.520. The van der Waals surface area contributed by atoms with Crippen molar-refractivity contribution in [2.75, 3.05) is 25.4 Å². The number of aryl methyl sites for hydroxylation is 1. The number of carbonyl (C=O) groups excluding carboxylic acids is 1. The van der Waals surface area contributed by atoms with Crippen LogP contribution in [0.15, 0.2) is 24.4 Å². The molecule has 0 aliphatic heterocycles. The number of rotatable bonds is 8. The van der Waals surface area contributed by atoms with Gasteiger partial charge in [0, 0.05) is 32.6 Å². The maximum absolute atomic E-state index is 13.1. The third-order valence-corrected chi connectivity index (χ3v) is 9.19. The highest BCUT2D eigenvalue weighted by Gasteiger charge is 2.30. The number of aliphatic hydroxyl groups excluding tert-OH is 1. The molecule has 12 heteroatoms. The Balaban J connectivity index is 1.51. The predicted octanol–water partition coefficient (Wildman–Crippen LogP) is 3.31. The Labute approximate surface area is 221 Å². The van der Waals surface area contributed by atoms with Crippen LogP contribution < -0.4 is 10.0 Å². The molecule has 3 aromatic rings. The van der Waals surface area contributed by atoms with Gasteiger partial charge in [-0.25, -0.2) is 15.0 Å². The third kappa shape index (κ3) is 6.25. The Morgan fingerprint density at radius 3 is 2.65 bits per heavy atom. The number of hydrogen-bond acceptors (Lipinski definition) is 8. The molecular formula is C25H34N6O4S2. The summed E-state index contributed by atoms with van der Waals surface area (Å²) in [6, 6.07) is 4.74. The summed E-state index contributed by atoms with van der Waals surface area (Å²) in [7, 11) is -0.850. The van der Waals surface area contributed by atoms with Crippen molar-refractivity contribution in [2.45, 2.75) is 52.5 Å². The van der Waals surface area contributed by atoms with Crippen molar-refractivity contribution < 1.29 is 18.3 Å². The van der Waals surface area contributed by atoms with Crippen molar-refractivity contribution in [1.29, 1.82) is 0 Å². The zero-order chi connectivity index (χ0) is 27.0. The Morgan fingerprint density at radius 1 is 1.27 bits per heavy atom. The van der Waals surface area contributed by atoms with E-state index < -0.39 is 16.3 Å². The molecule has 0 spiro atoms. The first-order valence-electron chi connectivity index (χ1n) is 12.2. The molecule has 1 aliphatic carbocycles. The van der Waals surface area contributed by atoms with Crippen LogP contribution in [0, 0.1) is 11.3 Å². The molecule has 10 nitrogen and oxygen atoms in total. The van der Waals surface area contributed by atoms with Gasteiger partial charge >= 0.3 is 10.2 Å². The van der Waals surface area contributed by atoms with Gasteiger partial charge in [-0.3, -0.25) is 9.52 Å². The van der Waals surface area contributed by atoms with Crippen molar-refractivity contribution in [3.05, 3.63) is 46.2 Å². The standard InChI is InChI=1S/C25H34N6O4S2/c1-25(2,3)17-7-8-18-16(12-17)13-20-23(28-18)36-24(29-20)22(33)27-19(10-11-32)15-6-9-21(26-14-15)30-37(34,35)31(4)5/h6,9,13-14,17,19,32H,7-8,10-12H2,1-5H3,(H,26,30)(H,27,33)/t17-,19+/m0/s1. The molecule has 0 fully saturated rings. The summed E-state index contributed by atoms with van der Waals surface area (Å²) < 4.78 is 27.4. The topological polar surface area (TPSA) is 137 Å². The maximum Gasteiger partial charge on any atom is 0.302 e. The summed E-state index contributed by atoms with van der Waals surface area (Å²) in [6.07, 6.45) is 4.75. The lowest BCUT2D eigenvalue weighted by atomic mass is 9.71. The monoisotopic (exact) mass is 546 g/mol. The first-order valence-corrected chi connectivity index (χ1v) is 14.5. The average Bonchev–Trinajstić information content (AvgIpc) is 3.24. The number of nitrogens with one attached hydrogen (secondary N) is 2. The lowest BCUT2D eigenvalue weighted by Gasteiger charge is -2.34. The van der Waals surface area contributed by atoms with Crippen LogP contribution in [-0.4, -0.2) is 59.4 Å². The third-order valence-electron chi connectivity index (χ3n) is 6.79. The van der Waals surface area contributed by atoms with E-state index in [0.717, 1.165) is 39.6 Å². The van der Waals surface area contributed by atoms with Crippen molar-refractivity contribution in [3.63, 3.8) is 0 Å². The average molecular weight is 547 g/mol. The Morgan fingerprint density at radius 2 is 2.03 bits per heavy atom. The first kappa shape index (κ1) is 27.4. The fourth-order valence-electron chi connectivity index (χ4n) is 4.42. The Hall–Kier alpha value is -2.67. The molecule has 0 unspecified atom stereocenters. The zero-order valence-electron chi connectivity index (χ0n) is 21.8. The second-order valence-corrected chi connectivity index (χ2v) is 13.5. The number of thiazole rings is 1. The highest BCUT2D eigenvalue weighted by atomic mass is 32.2. The van der Waals surface area contributed by atoms with Crippen molar-refractivity contribution >= 4 is 43.6 Å². The van der Waals surface area contributed by atoms with Crippen LogP contribution in [0.25, 0.3) is 10.3 Å². The molecule has 0 saturated heterocycles. The number of hydrogen-bond donors (Lipinski definition) is 3. The molecule has 3 N–H and O–H groups in total. The Kier molecular flexibility index (Phi) is 7.84. The van der Waals surface area contributed by atoms with Crippen LogP contribution in [0.3, 0.4) is 0 Å². The number of carbonyl (C=O) groups is 1. The summed E-state index contributed by atoms with van der Waals surface area (Å²) >= 11 is 1.26. The molecule has 4 rings (SSSR count). The molecule has 0 aromatic carbocycles. The van der Waals surface area contributed by atoms with Gasteiger partial charge in [-0.05, 0) is 60.3 Å². The summed E-state index contributed by atoms with van der Waals surface area (Å²) in [5, 5.41) is 12.8. The van der Waals surface area contributed by atoms with Gasteiger partial charge < -0.3 is 10.4 Å². The minimum Gasteiger partial charge on any atom is -0.396 e. The lowest BCUT2D eigenvalue weighted by molar-refractivity contribution is 0.0929. The minimum absolute atomic E-state index is 0.150. The van der Waals surface area contributed by atoms with Crippen LogP contribution in [0.1, 0.15) is 66.3 Å². The van der Waals surface area contributed by atoms with Crippen LogP contribution in [0.5, 0.6) is 0 Å². The van der Waals surface area contributed by atoms with Crippen LogP contribution in [0.4, 0.5) is 5.82 Å². The van der Waals surface area contributed by atoms with Gasteiger partial charge in [0.1, 0.15) is 16.2 Å². The van der Waals surface area contributed by atoms with Crippen LogP contribution in [0.2, 0.25) is 0 Å². The van der Waals surface area contributed by atoms with Gasteiger partial charge in [0.25, 0.3) is 5.91 Å². The molecule has 0 radical (unpaired) electrons. The minimum atomic E-state index is -3.68. The lowest BCUT2D eigenvalue weighted by Crippen LogP contribution is -2.30. The van der Waals surface area contributed by atoms with Gasteiger partial charge in [-0.2, -0.15) is 12.7 Å². The van der Waals surface area contributed by atoms with Crippen LogP contribution in [-0.2, 0) is 23.1 Å². The second-order valence-electron chi connectivity index (χ2n) is 10.6. The van der Waals surface area contributed by atoms with Gasteiger partial charge in [0.2, 0.25) is 0 Å². The summed E-state index contributed by atoms with van der Waals surface area (Å²) in [4.78, 5) is 27.4. The molecule has 3 heterocycles. The molecule has 3 aromatic heterocycles. The SMILES string of the molecule is CN(C)S(=O)(=O)Nc1ccc([C@@H](CCO)NC(=O)c2nc3cc4c(nc3s2)CC[C@H](C(C)(C)C)C4)cn1. The molecule has 0 bridgehead atoms. The van der Waals surface area contributed by atoms with E-state index in [0.29, 0.717) is 16.5 Å². The largest absolute Gasteiger partial charge is 0.396 e. The van der Waals surface area contributed by atoms with Gasteiger partial charge in [0.05, 0.1) is 6.04 Å². The number of nitrogens with zero attached hydrogens (tertiary/aromatic N) is 4. The fourth-order valence-corrected chi connectivity index (χ4v) is 5.83. The normalized spacial score (nSPS) is 17.0. The van der Waals surface area contributed by atoms with E-state index in [1.807, 2.05) is 0 Å². The highest BCUT2D eigenvalue weighted by molar-refractivity contribution is 7.90. The van der Waals surface area contributed by atoms with E-state index in [9.17, 15) is 18.3 Å². The van der Waals surface area contributed by atoms with Crippen LogP contribution >= 0.6 is 11.3 Å². The number of aromatic nitrogens is 3. The molecule has 200 valence electrons. The Bertz CT molecular complexity index is 1380. The quantitative estimate of drug-likeness (QED) is 0.394. The number of fused-ring (bicyclic) bond motifs is 2. The molecule has 2 atom stereocenters. The van der Waals surface area contributed by atoms with E-state index in [-0.39, 0.29) is 30.2 Å². The number of pyridine rings is 2. The van der Waals surface area contributed by atoms with Crippen molar-refractivity contribution in [1.82, 2.24) is 24.6 Å². The molecular weight excluding hydrogens is 512 g/mol. The zero-order valence-corrected chi connectivity index (χ0v) is 23.4. The summed E-state index contributed by atoms with van der Waals surface area (Å²) in [6.45, 7) is 6.67. The molecule has 37 heavy (non-hydrogen) atoms. The van der Waals surface area contributed by atoms with Gasteiger partial charge in [-0.1, -0.05) is 38.2 Å². The molecule has 1 amide bonds. The van der Waals surface area contributed by atoms with Gasteiger partial charge in [-0.15, -0.1) is 0 Å². The molecule has 1 aliphatic rings. The highest BCUT2D eigenvalue weighted by Crippen LogP contribution is 2.38. The number of amides is 1. The second kappa shape index (κ2) is 10.6. The van der Waals surface area contributed by atoms with Gasteiger partial charge in [0.15, 0.2) is 5.01 Å². The summed E-state index contributed by atoms with van der Waals surface area (Å²) in [5.74, 6) is 0.379. The number of aliphatic hydroxyl groups is 1. The van der Waals surface area contributed by atoms with E-state index in [1.165, 1.54) is 43.3 Å². The van der Waals surface area contributed by atoms with E-state index in [2.05, 4.69) is 46.8 Å². The maximum atomic E-state index is 13.1. The van der Waals surface area contributed by atoms with E-state index >= 15 is 0 Å². The first-order chi connectivity index (χ1) is 17.4. The smallest absolute Gasteiger partial charge is 0.302 e. The predicted molar refractivity (Wildman–Crippen MR) is 145 cm³/mol. The number of anilines is 1. The van der Waals surface area contributed by atoms with E-state index in [1.54, 1.807) is 6.07 Å². The molecule has 0 saturated carbocycles. The van der Waals surface area contributed by atoms with Crippen molar-refractivity contribution in [3.8, 4) is 0 Å². The van der Waals surface area contributed by atoms with E-state index in [4.69, 9.17) is 4.98 Å². The summed E-state index contributed by atoms with van der Waals surface area (Å²) in [5.41, 5.74) is 3.90. The van der Waals surface area contributed by atoms with Crippen molar-refractivity contribution in [2.24, 2.45) is 11.3 Å².